The number of aromatic nitrogens is 1. The molecule has 1 N–H and O–H groups in total. The predicted octanol–water partition coefficient (Wildman–Crippen LogP) is 1.96. The van der Waals surface area contributed by atoms with Crippen molar-refractivity contribution in [3.8, 4) is 0 Å². The number of nitrogens with one attached hydrogen (secondary N) is 1. The molecule has 2 fully saturated rings. The highest BCUT2D eigenvalue weighted by molar-refractivity contribution is 5.16. The van der Waals surface area contributed by atoms with Gasteiger partial charge in [0.05, 0.1) is 0 Å². The van der Waals surface area contributed by atoms with Gasteiger partial charge in [0.1, 0.15) is 0 Å². The van der Waals surface area contributed by atoms with E-state index in [0.717, 1.165) is 18.5 Å². The Bertz CT molecular complexity index is 400. The fourth-order valence-electron chi connectivity index (χ4n) is 2.94. The van der Waals surface area contributed by atoms with Crippen molar-refractivity contribution < 1.29 is 0 Å². The molecule has 2 aliphatic rings. The molecule has 3 nitrogen and oxygen atoms in total. The molecule has 1 aromatic heterocycles. The van der Waals surface area contributed by atoms with Crippen LogP contribution in [0.4, 0.5) is 0 Å². The third kappa shape index (κ3) is 3.09. The molecule has 2 heterocycles. The standard InChI is InChI=1S/C15H23N3/c1-12-7-13(9-16-8-12)10-18-6-2-5-17-15(11-18)14-3-4-14/h7-9,14-15,17H,2-6,10-11H2,1H3. The zero-order valence-corrected chi connectivity index (χ0v) is 11.2. The summed E-state index contributed by atoms with van der Waals surface area (Å²) >= 11 is 0. The number of nitrogens with zero attached hydrogens (tertiary/aromatic N) is 2. The number of aryl methyl sites for hydroxylation is 1. The summed E-state index contributed by atoms with van der Waals surface area (Å²) in [5, 5.41) is 3.71. The molecule has 3 heteroatoms. The van der Waals surface area contributed by atoms with Crippen molar-refractivity contribution >= 4 is 0 Å². The van der Waals surface area contributed by atoms with E-state index in [0.29, 0.717) is 0 Å². The first kappa shape index (κ1) is 12.1. The molecule has 1 unspecified atom stereocenters. The summed E-state index contributed by atoms with van der Waals surface area (Å²) in [7, 11) is 0. The van der Waals surface area contributed by atoms with Crippen molar-refractivity contribution in [2.45, 2.75) is 38.8 Å². The topological polar surface area (TPSA) is 28.2 Å². The second-order valence-corrected chi connectivity index (χ2v) is 5.86. The zero-order valence-electron chi connectivity index (χ0n) is 11.2. The summed E-state index contributed by atoms with van der Waals surface area (Å²) in [5.74, 6) is 0.946. The molecule has 1 aromatic rings. The molecule has 1 saturated carbocycles. The average molecular weight is 245 g/mol. The highest BCUT2D eigenvalue weighted by Gasteiger charge is 2.32. The first-order valence-corrected chi connectivity index (χ1v) is 7.17. The van der Waals surface area contributed by atoms with Gasteiger partial charge in [-0.25, -0.2) is 0 Å². The van der Waals surface area contributed by atoms with Gasteiger partial charge in [-0.05, 0) is 56.3 Å². The summed E-state index contributed by atoms with van der Waals surface area (Å²) < 4.78 is 0. The number of pyridine rings is 1. The molecule has 1 aliphatic carbocycles. The average Bonchev–Trinajstić information content (AvgIpc) is 3.15. The van der Waals surface area contributed by atoms with Crippen LogP contribution in [0, 0.1) is 12.8 Å². The summed E-state index contributed by atoms with van der Waals surface area (Å²) in [6.07, 6.45) is 8.06. The van der Waals surface area contributed by atoms with Crippen LogP contribution in [0.25, 0.3) is 0 Å². The SMILES string of the molecule is Cc1cncc(CN2CCCNC(C3CC3)C2)c1. The third-order valence-electron chi connectivity index (χ3n) is 4.04. The highest BCUT2D eigenvalue weighted by Crippen LogP contribution is 2.33. The Balaban J connectivity index is 1.63. The first-order valence-electron chi connectivity index (χ1n) is 7.17. The highest BCUT2D eigenvalue weighted by atomic mass is 15.2. The maximum atomic E-state index is 4.30. The summed E-state index contributed by atoms with van der Waals surface area (Å²) in [6.45, 7) is 6.78. The summed E-state index contributed by atoms with van der Waals surface area (Å²) in [4.78, 5) is 6.89. The molecule has 0 aromatic carbocycles. The molecule has 0 bridgehead atoms. The molecule has 1 saturated heterocycles. The lowest BCUT2D eigenvalue weighted by Crippen LogP contribution is -2.38. The molecule has 18 heavy (non-hydrogen) atoms. The molecule has 0 spiro atoms. The smallest absolute Gasteiger partial charge is 0.0313 e. The van der Waals surface area contributed by atoms with E-state index in [2.05, 4.69) is 28.2 Å². The monoisotopic (exact) mass is 245 g/mol. The Hall–Kier alpha value is -0.930. The van der Waals surface area contributed by atoms with Gasteiger partial charge in [-0.15, -0.1) is 0 Å². The van der Waals surface area contributed by atoms with Gasteiger partial charge in [0.25, 0.3) is 0 Å². The van der Waals surface area contributed by atoms with E-state index in [1.165, 1.54) is 50.0 Å². The molecule has 98 valence electrons. The number of hydrogen-bond acceptors (Lipinski definition) is 3. The van der Waals surface area contributed by atoms with Gasteiger partial charge in [-0.2, -0.15) is 0 Å². The Morgan fingerprint density at radius 2 is 2.28 bits per heavy atom. The van der Waals surface area contributed by atoms with Crippen molar-refractivity contribution in [2.24, 2.45) is 5.92 Å². The van der Waals surface area contributed by atoms with Gasteiger partial charge in [0, 0.05) is 31.5 Å². The van der Waals surface area contributed by atoms with Gasteiger partial charge in [0.15, 0.2) is 0 Å². The molecule has 1 atom stereocenters. The fraction of sp³-hybridized carbons (Fsp3) is 0.667. The van der Waals surface area contributed by atoms with E-state index in [9.17, 15) is 0 Å². The number of hydrogen-bond donors (Lipinski definition) is 1. The maximum absolute atomic E-state index is 4.30. The van der Waals surface area contributed by atoms with E-state index in [-0.39, 0.29) is 0 Å². The van der Waals surface area contributed by atoms with Crippen molar-refractivity contribution in [3.05, 3.63) is 29.6 Å². The van der Waals surface area contributed by atoms with Crippen LogP contribution in [0.5, 0.6) is 0 Å². The quantitative estimate of drug-likeness (QED) is 0.882. The predicted molar refractivity (Wildman–Crippen MR) is 73.4 cm³/mol. The lowest BCUT2D eigenvalue weighted by Gasteiger charge is -2.24. The van der Waals surface area contributed by atoms with Gasteiger partial charge < -0.3 is 5.32 Å². The van der Waals surface area contributed by atoms with Crippen LogP contribution in [0.15, 0.2) is 18.5 Å². The van der Waals surface area contributed by atoms with Gasteiger partial charge in [-0.3, -0.25) is 9.88 Å². The van der Waals surface area contributed by atoms with Crippen LogP contribution in [-0.4, -0.2) is 35.6 Å². The van der Waals surface area contributed by atoms with Crippen molar-refractivity contribution in [1.29, 1.82) is 0 Å². The van der Waals surface area contributed by atoms with E-state index in [4.69, 9.17) is 0 Å². The minimum absolute atomic E-state index is 0.727. The Labute approximate surface area is 110 Å². The van der Waals surface area contributed by atoms with Gasteiger partial charge in [-0.1, -0.05) is 6.07 Å². The second-order valence-electron chi connectivity index (χ2n) is 5.86. The molecule has 0 radical (unpaired) electrons. The zero-order chi connectivity index (χ0) is 12.4. The van der Waals surface area contributed by atoms with Crippen molar-refractivity contribution in [1.82, 2.24) is 15.2 Å². The molecular formula is C15H23N3. The molecule has 3 rings (SSSR count). The minimum atomic E-state index is 0.727. The Kier molecular flexibility index (Phi) is 3.62. The van der Waals surface area contributed by atoms with Crippen LogP contribution >= 0.6 is 0 Å². The summed E-state index contributed by atoms with van der Waals surface area (Å²) in [6, 6.07) is 2.99. The van der Waals surface area contributed by atoms with Crippen LogP contribution in [0.3, 0.4) is 0 Å². The normalized spacial score (nSPS) is 25.9. The van der Waals surface area contributed by atoms with E-state index in [1.807, 2.05) is 12.4 Å². The molecular weight excluding hydrogens is 222 g/mol. The van der Waals surface area contributed by atoms with Gasteiger partial charge in [0.2, 0.25) is 0 Å². The van der Waals surface area contributed by atoms with E-state index >= 15 is 0 Å². The van der Waals surface area contributed by atoms with Crippen LogP contribution in [0.2, 0.25) is 0 Å². The van der Waals surface area contributed by atoms with E-state index in [1.54, 1.807) is 0 Å². The largest absolute Gasteiger partial charge is 0.312 e. The molecule has 1 aliphatic heterocycles. The second kappa shape index (κ2) is 5.37. The van der Waals surface area contributed by atoms with Crippen LogP contribution in [0.1, 0.15) is 30.4 Å². The number of rotatable bonds is 3. The van der Waals surface area contributed by atoms with Crippen LogP contribution < -0.4 is 5.32 Å². The van der Waals surface area contributed by atoms with Crippen LogP contribution in [-0.2, 0) is 6.54 Å². The Morgan fingerprint density at radius 1 is 1.39 bits per heavy atom. The van der Waals surface area contributed by atoms with Crippen molar-refractivity contribution in [3.63, 3.8) is 0 Å². The Morgan fingerprint density at radius 3 is 3.06 bits per heavy atom. The fourth-order valence-corrected chi connectivity index (χ4v) is 2.94. The van der Waals surface area contributed by atoms with Crippen molar-refractivity contribution in [2.75, 3.05) is 19.6 Å². The lowest BCUT2D eigenvalue weighted by atomic mass is 10.1. The lowest BCUT2D eigenvalue weighted by molar-refractivity contribution is 0.250. The van der Waals surface area contributed by atoms with E-state index < -0.39 is 0 Å². The van der Waals surface area contributed by atoms with Gasteiger partial charge >= 0.3 is 0 Å². The first-order chi connectivity index (χ1) is 8.81. The third-order valence-corrected chi connectivity index (χ3v) is 4.04. The minimum Gasteiger partial charge on any atom is -0.312 e. The maximum Gasteiger partial charge on any atom is 0.0313 e. The molecule has 0 amide bonds. The summed E-state index contributed by atoms with van der Waals surface area (Å²) in [5.41, 5.74) is 2.62.